The van der Waals surface area contributed by atoms with Gasteiger partial charge in [-0.05, 0) is 63.1 Å². The number of amides is 4. The number of aryl methyl sites for hydroxylation is 2. The Morgan fingerprint density at radius 3 is 1.45 bits per heavy atom. The summed E-state index contributed by atoms with van der Waals surface area (Å²) in [4.78, 5) is 119. The molecule has 1 unspecified atom stereocenters. The number of nitrogens with one attached hydrogen (secondary N) is 4. The first kappa shape index (κ1) is 76.8. The van der Waals surface area contributed by atoms with Crippen LogP contribution in [0.2, 0.25) is 0 Å². The van der Waals surface area contributed by atoms with Crippen molar-refractivity contribution in [3.63, 3.8) is 0 Å². The molecule has 4 amide bonds. The van der Waals surface area contributed by atoms with Gasteiger partial charge in [0.15, 0.2) is 11.6 Å². The maximum absolute atomic E-state index is 13.7. The van der Waals surface area contributed by atoms with Gasteiger partial charge in [-0.25, -0.2) is 8.78 Å². The Morgan fingerprint density at radius 1 is 0.539 bits per heavy atom. The Kier molecular flexibility index (Phi) is 36.6. The van der Waals surface area contributed by atoms with Gasteiger partial charge in [0.25, 0.3) is 0 Å². The zero-order valence-corrected chi connectivity index (χ0v) is 51.9. The molecule has 0 aliphatic carbocycles. The molecule has 1 aliphatic rings. The third kappa shape index (κ3) is 31.2. The Balaban J connectivity index is 1.39. The van der Waals surface area contributed by atoms with E-state index in [1.807, 2.05) is 26.8 Å². The number of ether oxygens (including phenoxy) is 6. The fraction of sp³-hybridized carbons (Fsp3) is 0.632. The van der Waals surface area contributed by atoms with Gasteiger partial charge in [-0.2, -0.15) is 8.78 Å². The summed E-state index contributed by atoms with van der Waals surface area (Å²) in [5, 5.41) is 50.1. The molecule has 32 heteroatoms. The van der Waals surface area contributed by atoms with E-state index in [9.17, 15) is 81.1 Å². The Hall–Kier alpha value is -6.49. The van der Waals surface area contributed by atoms with E-state index in [1.165, 1.54) is 4.90 Å². The number of halogens is 5. The molecule has 500 valence electrons. The van der Waals surface area contributed by atoms with Gasteiger partial charge in [0.1, 0.15) is 12.1 Å². The second kappa shape index (κ2) is 42.5. The van der Waals surface area contributed by atoms with Crippen molar-refractivity contribution in [1.29, 1.82) is 0 Å². The van der Waals surface area contributed by atoms with Crippen molar-refractivity contribution in [2.75, 3.05) is 156 Å². The van der Waals surface area contributed by atoms with Crippen LogP contribution in [-0.2, 0) is 66.8 Å². The second-order valence-electron chi connectivity index (χ2n) is 20.7. The topological polar surface area (TPSA) is 351 Å². The molecule has 1 fully saturated rings. The van der Waals surface area contributed by atoms with Crippen LogP contribution >= 0.6 is 15.9 Å². The molecule has 27 nitrogen and oxygen atoms in total. The third-order valence-corrected chi connectivity index (χ3v) is 14.9. The van der Waals surface area contributed by atoms with E-state index >= 15 is 0 Å². The van der Waals surface area contributed by atoms with E-state index in [-0.39, 0.29) is 201 Å². The lowest BCUT2D eigenvalue weighted by Crippen LogP contribution is -2.52. The van der Waals surface area contributed by atoms with Crippen LogP contribution < -0.4 is 26.0 Å². The van der Waals surface area contributed by atoms with E-state index in [4.69, 9.17) is 23.7 Å². The number of carboxylic acid groups (broad SMARTS) is 4. The SMILES string of the molecule is Cc1cc(C)c(NC(=O)CC[C@@H](NC(=O)CCC(C(=O)O)N2CCN(CC(=O)O)CCN(CC(=O)O)CCN(CC(=O)O)CC2)C(=O)NCCOCCOCCOCCOCCOCCNC(=O)CCCCC(=O)Oc2c(F)c(F)cc(F)c2F)c(C)c1Br. The van der Waals surface area contributed by atoms with Gasteiger partial charge in [0, 0.05) is 107 Å². The quantitative estimate of drug-likeness (QED) is 0.0156. The molecule has 89 heavy (non-hydrogen) atoms. The highest BCUT2D eigenvalue weighted by Gasteiger charge is 2.31. The van der Waals surface area contributed by atoms with Gasteiger partial charge < -0.3 is 70.1 Å². The lowest BCUT2D eigenvalue weighted by molar-refractivity contribution is -0.145. The molecule has 0 aromatic heterocycles. The first-order chi connectivity index (χ1) is 42.4. The van der Waals surface area contributed by atoms with Crippen molar-refractivity contribution >= 4 is 75.1 Å². The second-order valence-corrected chi connectivity index (χ2v) is 21.4. The van der Waals surface area contributed by atoms with Gasteiger partial charge in [-0.15, -0.1) is 0 Å². The first-order valence-electron chi connectivity index (χ1n) is 29.0. The van der Waals surface area contributed by atoms with Crippen LogP contribution in [0.1, 0.15) is 68.1 Å². The fourth-order valence-corrected chi connectivity index (χ4v) is 9.38. The Morgan fingerprint density at radius 2 is 0.978 bits per heavy atom. The highest BCUT2D eigenvalue weighted by atomic mass is 79.9. The van der Waals surface area contributed by atoms with Crippen LogP contribution in [0.4, 0.5) is 23.2 Å². The molecule has 0 saturated carbocycles. The highest BCUT2D eigenvalue weighted by molar-refractivity contribution is 9.10. The monoisotopic (exact) mass is 1340 g/mol. The van der Waals surface area contributed by atoms with E-state index in [1.54, 1.807) is 14.7 Å². The minimum atomic E-state index is -1.83. The van der Waals surface area contributed by atoms with Crippen molar-refractivity contribution in [3.05, 3.63) is 56.6 Å². The summed E-state index contributed by atoms with van der Waals surface area (Å²) >= 11 is 3.55. The Bertz CT molecular complexity index is 2590. The first-order valence-corrected chi connectivity index (χ1v) is 29.8. The lowest BCUT2D eigenvalue weighted by Gasteiger charge is -2.35. The van der Waals surface area contributed by atoms with Crippen LogP contribution in [0.3, 0.4) is 0 Å². The van der Waals surface area contributed by atoms with Crippen molar-refractivity contribution in [1.82, 2.24) is 35.6 Å². The summed E-state index contributed by atoms with van der Waals surface area (Å²) in [6.45, 7) is 7.33. The van der Waals surface area contributed by atoms with Crippen molar-refractivity contribution in [2.24, 2.45) is 0 Å². The van der Waals surface area contributed by atoms with Crippen LogP contribution in [0.15, 0.2) is 16.6 Å². The average Bonchev–Trinajstić information content (AvgIpc) is 2.72. The molecule has 1 saturated heterocycles. The number of nitrogens with zero attached hydrogens (tertiary/aromatic N) is 4. The minimum absolute atomic E-state index is 0.00696. The van der Waals surface area contributed by atoms with E-state index in [2.05, 4.69) is 41.9 Å². The maximum Gasteiger partial charge on any atom is 0.320 e. The molecular formula is C57H83BrF4N8O19. The zero-order valence-electron chi connectivity index (χ0n) is 50.3. The number of carboxylic acids is 4. The molecule has 2 aromatic rings. The summed E-state index contributed by atoms with van der Waals surface area (Å²) in [5.74, 6) is -16.5. The zero-order chi connectivity index (χ0) is 65.8. The predicted molar refractivity (Wildman–Crippen MR) is 313 cm³/mol. The van der Waals surface area contributed by atoms with Crippen LogP contribution in [0, 0.1) is 44.0 Å². The smallest absolute Gasteiger partial charge is 0.320 e. The molecular weight excluding hydrogens is 1260 g/mol. The molecule has 1 aliphatic heterocycles. The minimum Gasteiger partial charge on any atom is -0.480 e. The number of carbonyl (C=O) groups is 9. The summed E-state index contributed by atoms with van der Waals surface area (Å²) < 4.78 is 86.7. The lowest BCUT2D eigenvalue weighted by atomic mass is 10.0. The van der Waals surface area contributed by atoms with Crippen LogP contribution in [0.25, 0.3) is 0 Å². The largest absolute Gasteiger partial charge is 0.480 e. The van der Waals surface area contributed by atoms with Crippen molar-refractivity contribution in [3.8, 4) is 5.75 Å². The number of hydrogen-bond acceptors (Lipinski definition) is 19. The number of esters is 1. The number of unbranched alkanes of at least 4 members (excludes halogenated alkanes) is 1. The number of aliphatic carboxylic acids is 4. The van der Waals surface area contributed by atoms with Crippen molar-refractivity contribution in [2.45, 2.75) is 84.2 Å². The van der Waals surface area contributed by atoms with Crippen molar-refractivity contribution < 1.29 is 110 Å². The highest BCUT2D eigenvalue weighted by Crippen LogP contribution is 2.31. The van der Waals surface area contributed by atoms with E-state index in [0.717, 1.165) is 21.2 Å². The summed E-state index contributed by atoms with van der Waals surface area (Å²) in [6.07, 6.45) is -0.980. The van der Waals surface area contributed by atoms with E-state index < -0.39 is 102 Å². The van der Waals surface area contributed by atoms with Gasteiger partial charge in [-0.1, -0.05) is 22.0 Å². The molecule has 1 heterocycles. The molecule has 0 bridgehead atoms. The van der Waals surface area contributed by atoms with Crippen LogP contribution in [-0.4, -0.2) is 257 Å². The summed E-state index contributed by atoms with van der Waals surface area (Å²) in [5.41, 5.74) is 3.16. The average molecular weight is 1340 g/mol. The van der Waals surface area contributed by atoms with Gasteiger partial charge in [0.2, 0.25) is 41.0 Å². The molecule has 0 radical (unpaired) electrons. The summed E-state index contributed by atoms with van der Waals surface area (Å²) in [7, 11) is 0. The number of carbonyl (C=O) groups excluding carboxylic acids is 5. The molecule has 2 atom stereocenters. The van der Waals surface area contributed by atoms with Gasteiger partial charge >= 0.3 is 29.8 Å². The third-order valence-electron chi connectivity index (χ3n) is 13.7. The van der Waals surface area contributed by atoms with Gasteiger partial charge in [-0.3, -0.25) is 62.8 Å². The molecule has 0 spiro atoms. The number of hydrogen-bond donors (Lipinski definition) is 8. The normalized spacial score (nSPS) is 14.6. The Labute approximate surface area is 521 Å². The molecule has 3 rings (SSSR count). The van der Waals surface area contributed by atoms with Gasteiger partial charge in [0.05, 0.1) is 85.7 Å². The number of benzene rings is 2. The maximum atomic E-state index is 13.7. The molecule has 2 aromatic carbocycles. The van der Waals surface area contributed by atoms with Crippen LogP contribution in [0.5, 0.6) is 5.75 Å². The predicted octanol–water partition coefficient (Wildman–Crippen LogP) is 2.32. The fourth-order valence-electron chi connectivity index (χ4n) is 9.07. The summed E-state index contributed by atoms with van der Waals surface area (Å²) in [6, 6.07) is -0.660. The molecule has 8 N–H and O–H groups in total. The standard InChI is InChI=1S/C57H83BrF4N8O19/c1-37-32-38(2)54(39(3)51(37)58)66-46(73)10-8-42(65-45(72)11-9-43(57(82)83)70-20-18-68(35-48(76)77)16-14-67(34-47(74)75)15-17-69(19-21-70)36-49(78)79)56(81)64-13-23-85-25-27-87-29-31-88-30-28-86-26-24-84-22-12-63-44(71)6-4-5-7-50(80)89-55-52(61)40(59)33-41(60)53(55)62/h32-33,42-43H,4-31,34-36H2,1-3H3,(H,63,71)(H,64,81)(H,65,72)(H,66,73)(H,74,75)(H,76,77)(H,78,79)(H,82,83)/t42-,43?/m1/s1. The van der Waals surface area contributed by atoms with E-state index in [0.29, 0.717) is 5.69 Å². The number of rotatable bonds is 41. The number of anilines is 1.